The number of aromatic nitrogens is 2. The maximum Gasteiger partial charge on any atom is 0.195 e. The van der Waals surface area contributed by atoms with Gasteiger partial charge in [0.2, 0.25) is 0 Å². The second-order valence-electron chi connectivity index (χ2n) is 6.20. The Balaban J connectivity index is 2.24. The van der Waals surface area contributed by atoms with E-state index >= 15 is 0 Å². The van der Waals surface area contributed by atoms with Crippen LogP contribution in [-0.4, -0.2) is 29.0 Å². The summed E-state index contributed by atoms with van der Waals surface area (Å²) in [5, 5.41) is 5.62. The zero-order chi connectivity index (χ0) is 15.4. The Morgan fingerprint density at radius 3 is 2.81 bits per heavy atom. The van der Waals surface area contributed by atoms with Crippen LogP contribution in [-0.2, 0) is 6.54 Å². The van der Waals surface area contributed by atoms with Gasteiger partial charge in [-0.25, -0.2) is 4.98 Å². The average Bonchev–Trinajstić information content (AvgIpc) is 2.99. The Bertz CT molecular complexity index is 558. The van der Waals surface area contributed by atoms with Crippen molar-refractivity contribution in [3.05, 3.63) is 17.3 Å². The maximum atomic E-state index is 4.85. The Hall–Kier alpha value is -1.07. The van der Waals surface area contributed by atoms with E-state index in [1.807, 2.05) is 0 Å². The lowest BCUT2D eigenvalue weighted by Crippen LogP contribution is -2.31. The van der Waals surface area contributed by atoms with Crippen molar-refractivity contribution in [1.29, 1.82) is 0 Å². The van der Waals surface area contributed by atoms with Gasteiger partial charge < -0.3 is 10.2 Å². The van der Waals surface area contributed by atoms with Crippen LogP contribution in [0.1, 0.15) is 46.2 Å². The summed E-state index contributed by atoms with van der Waals surface area (Å²) in [6, 6.07) is 0.500. The van der Waals surface area contributed by atoms with E-state index in [9.17, 15) is 0 Å². The summed E-state index contributed by atoms with van der Waals surface area (Å²) < 4.78 is 2.22. The Morgan fingerprint density at radius 2 is 2.14 bits per heavy atom. The summed E-state index contributed by atoms with van der Waals surface area (Å²) in [6.07, 6.45) is 4.46. The molecule has 1 atom stereocenters. The highest BCUT2D eigenvalue weighted by molar-refractivity contribution is 7.15. The molecule has 0 fully saturated rings. The van der Waals surface area contributed by atoms with Gasteiger partial charge in [-0.15, -0.1) is 11.3 Å². The van der Waals surface area contributed by atoms with E-state index < -0.39 is 0 Å². The van der Waals surface area contributed by atoms with E-state index in [1.54, 1.807) is 11.3 Å². The molecule has 118 valence electrons. The average molecular weight is 308 g/mol. The molecule has 0 aliphatic heterocycles. The first-order valence-electron chi connectivity index (χ1n) is 7.92. The molecular weight excluding hydrogens is 280 g/mol. The van der Waals surface area contributed by atoms with Crippen molar-refractivity contribution in [3.8, 4) is 0 Å². The van der Waals surface area contributed by atoms with Crippen molar-refractivity contribution in [2.75, 3.05) is 18.5 Å². The highest BCUT2D eigenvalue weighted by Gasteiger charge is 2.20. The van der Waals surface area contributed by atoms with Gasteiger partial charge in [-0.3, -0.25) is 4.40 Å². The third kappa shape index (κ3) is 3.77. The molecular formula is C16H28N4S. The van der Waals surface area contributed by atoms with Crippen LogP contribution >= 0.6 is 11.3 Å². The van der Waals surface area contributed by atoms with Gasteiger partial charge in [0, 0.05) is 31.2 Å². The van der Waals surface area contributed by atoms with Crippen LogP contribution in [0.4, 0.5) is 5.82 Å². The number of nitrogens with zero attached hydrogens (tertiary/aromatic N) is 3. The number of anilines is 1. The number of imidazole rings is 1. The van der Waals surface area contributed by atoms with Crippen molar-refractivity contribution >= 4 is 22.1 Å². The summed E-state index contributed by atoms with van der Waals surface area (Å²) in [5.74, 6) is 1.83. The van der Waals surface area contributed by atoms with Crippen molar-refractivity contribution in [2.24, 2.45) is 5.92 Å². The lowest BCUT2D eigenvalue weighted by molar-refractivity contribution is 0.501. The van der Waals surface area contributed by atoms with Crippen LogP contribution in [0.25, 0.3) is 4.96 Å². The normalized spacial score (nSPS) is 13.2. The number of thiazole rings is 1. The molecule has 1 N–H and O–H groups in total. The second kappa shape index (κ2) is 7.27. The number of hydrogen-bond acceptors (Lipinski definition) is 4. The predicted molar refractivity (Wildman–Crippen MR) is 92.4 cm³/mol. The van der Waals surface area contributed by atoms with E-state index in [2.05, 4.69) is 60.9 Å². The molecule has 4 nitrogen and oxygen atoms in total. The van der Waals surface area contributed by atoms with Gasteiger partial charge in [-0.05, 0) is 32.2 Å². The molecule has 0 bridgehead atoms. The Morgan fingerprint density at radius 1 is 1.38 bits per heavy atom. The van der Waals surface area contributed by atoms with Crippen LogP contribution in [0.3, 0.4) is 0 Å². The first-order valence-corrected chi connectivity index (χ1v) is 8.80. The minimum Gasteiger partial charge on any atom is -0.355 e. The SMILES string of the molecule is CCCNCc1c(N(C)C(C)CC(C)C)nc2sccn12. The molecule has 0 amide bonds. The molecule has 2 rings (SSSR count). The molecule has 0 aromatic carbocycles. The van der Waals surface area contributed by atoms with Crippen molar-refractivity contribution in [2.45, 2.75) is 53.1 Å². The molecule has 0 spiro atoms. The van der Waals surface area contributed by atoms with E-state index in [0.29, 0.717) is 12.0 Å². The zero-order valence-electron chi connectivity index (χ0n) is 13.9. The number of nitrogens with one attached hydrogen (secondary N) is 1. The molecule has 21 heavy (non-hydrogen) atoms. The van der Waals surface area contributed by atoms with Gasteiger partial charge in [0.05, 0.1) is 5.69 Å². The monoisotopic (exact) mass is 308 g/mol. The molecule has 0 saturated carbocycles. The smallest absolute Gasteiger partial charge is 0.195 e. The third-order valence-electron chi connectivity index (χ3n) is 3.87. The van der Waals surface area contributed by atoms with E-state index in [0.717, 1.165) is 30.3 Å². The fourth-order valence-corrected chi connectivity index (χ4v) is 3.43. The second-order valence-corrected chi connectivity index (χ2v) is 7.08. The lowest BCUT2D eigenvalue weighted by Gasteiger charge is -2.27. The third-order valence-corrected chi connectivity index (χ3v) is 4.62. The van der Waals surface area contributed by atoms with Gasteiger partial charge in [0.1, 0.15) is 0 Å². The van der Waals surface area contributed by atoms with Gasteiger partial charge >= 0.3 is 0 Å². The Kier molecular flexibility index (Phi) is 5.65. The first kappa shape index (κ1) is 16.3. The van der Waals surface area contributed by atoms with Crippen molar-refractivity contribution < 1.29 is 0 Å². The molecule has 5 heteroatoms. The van der Waals surface area contributed by atoms with Crippen LogP contribution in [0, 0.1) is 5.92 Å². The molecule has 0 aliphatic carbocycles. The molecule has 2 aromatic rings. The molecule has 0 aliphatic rings. The summed E-state index contributed by atoms with van der Waals surface area (Å²) in [6.45, 7) is 11.0. The minimum absolute atomic E-state index is 0.500. The summed E-state index contributed by atoms with van der Waals surface area (Å²) in [5.41, 5.74) is 1.28. The first-order chi connectivity index (χ1) is 10.0. The van der Waals surface area contributed by atoms with Crippen LogP contribution < -0.4 is 10.2 Å². The largest absolute Gasteiger partial charge is 0.355 e. The van der Waals surface area contributed by atoms with Crippen molar-refractivity contribution in [1.82, 2.24) is 14.7 Å². The fourth-order valence-electron chi connectivity index (χ4n) is 2.70. The predicted octanol–water partition coefficient (Wildman–Crippen LogP) is 3.77. The summed E-state index contributed by atoms with van der Waals surface area (Å²) in [4.78, 5) is 8.27. The topological polar surface area (TPSA) is 32.6 Å². The molecule has 2 heterocycles. The molecule has 1 unspecified atom stereocenters. The quantitative estimate of drug-likeness (QED) is 0.754. The van der Waals surface area contributed by atoms with E-state index in [-0.39, 0.29) is 0 Å². The van der Waals surface area contributed by atoms with Crippen LogP contribution in [0.15, 0.2) is 11.6 Å². The molecule has 0 radical (unpaired) electrons. The molecule has 0 saturated heterocycles. The maximum absolute atomic E-state index is 4.85. The van der Waals surface area contributed by atoms with E-state index in [4.69, 9.17) is 4.98 Å². The van der Waals surface area contributed by atoms with Gasteiger partial charge in [0.25, 0.3) is 0 Å². The summed E-state index contributed by atoms with van der Waals surface area (Å²) >= 11 is 1.70. The Labute approximate surface area is 132 Å². The number of fused-ring (bicyclic) bond motifs is 1. The van der Waals surface area contributed by atoms with Gasteiger partial charge in [-0.2, -0.15) is 0 Å². The highest BCUT2D eigenvalue weighted by Crippen LogP contribution is 2.26. The number of rotatable bonds is 8. The zero-order valence-corrected chi connectivity index (χ0v) is 14.7. The summed E-state index contributed by atoms with van der Waals surface area (Å²) in [7, 11) is 2.17. The van der Waals surface area contributed by atoms with Crippen LogP contribution in [0.2, 0.25) is 0 Å². The van der Waals surface area contributed by atoms with Crippen LogP contribution in [0.5, 0.6) is 0 Å². The molecule has 2 aromatic heterocycles. The fraction of sp³-hybridized carbons (Fsp3) is 0.688. The number of hydrogen-bond donors (Lipinski definition) is 1. The minimum atomic E-state index is 0.500. The van der Waals surface area contributed by atoms with Gasteiger partial charge in [0.15, 0.2) is 10.8 Å². The lowest BCUT2D eigenvalue weighted by atomic mass is 10.0. The standard InChI is InChI=1S/C16H28N4S/c1-6-7-17-11-14-15(18-16-20(14)8-9-21-16)19(5)13(4)10-12(2)3/h8-9,12-13,17H,6-7,10-11H2,1-5H3. The van der Waals surface area contributed by atoms with E-state index in [1.165, 1.54) is 12.1 Å². The highest BCUT2D eigenvalue weighted by atomic mass is 32.1. The van der Waals surface area contributed by atoms with Crippen molar-refractivity contribution in [3.63, 3.8) is 0 Å². The van der Waals surface area contributed by atoms with Gasteiger partial charge in [-0.1, -0.05) is 20.8 Å².